The summed E-state index contributed by atoms with van der Waals surface area (Å²) in [6.07, 6.45) is 2.43. The third-order valence-corrected chi connectivity index (χ3v) is 4.82. The minimum absolute atomic E-state index is 0.160. The Kier molecular flexibility index (Phi) is 3.43. The van der Waals surface area contributed by atoms with Gasteiger partial charge in [-0.2, -0.15) is 0 Å². The van der Waals surface area contributed by atoms with Crippen molar-refractivity contribution >= 4 is 16.7 Å². The van der Waals surface area contributed by atoms with Crippen LogP contribution in [0.5, 0.6) is 5.75 Å². The number of rotatable bonds is 3. The van der Waals surface area contributed by atoms with E-state index >= 15 is 0 Å². The summed E-state index contributed by atoms with van der Waals surface area (Å²) in [5, 5.41) is 15.6. The third-order valence-electron chi connectivity index (χ3n) is 4.82. The molecule has 0 saturated carbocycles. The first-order valence-corrected chi connectivity index (χ1v) is 8.75. The van der Waals surface area contributed by atoms with Crippen LogP contribution in [-0.4, -0.2) is 29.7 Å². The van der Waals surface area contributed by atoms with Gasteiger partial charge in [0.1, 0.15) is 17.7 Å². The van der Waals surface area contributed by atoms with Crippen LogP contribution in [0.25, 0.3) is 28.1 Å². The Morgan fingerprint density at radius 2 is 1.81 bits per heavy atom. The number of aromatic hydroxyl groups is 1. The molecule has 0 fully saturated rings. The van der Waals surface area contributed by atoms with Crippen LogP contribution < -0.4 is 0 Å². The molecular formula is C21H17N5O. The second-order valence-electron chi connectivity index (χ2n) is 6.58. The molecule has 0 amide bonds. The van der Waals surface area contributed by atoms with Crippen LogP contribution in [0.1, 0.15) is 16.8 Å². The summed E-state index contributed by atoms with van der Waals surface area (Å²) < 4.78 is 1.67. The van der Waals surface area contributed by atoms with Crippen molar-refractivity contribution in [1.29, 1.82) is 0 Å². The zero-order valence-electron chi connectivity index (χ0n) is 14.7. The molecule has 5 aromatic rings. The number of phenolic OH excluding ortho intramolecular Hbond substituents is 1. The zero-order chi connectivity index (χ0) is 18.4. The van der Waals surface area contributed by atoms with Gasteiger partial charge in [0.25, 0.3) is 0 Å². The molecule has 0 bridgehead atoms. The Bertz CT molecular complexity index is 1270. The summed E-state index contributed by atoms with van der Waals surface area (Å²) in [5.41, 5.74) is 5.58. The highest BCUT2D eigenvalue weighted by molar-refractivity contribution is 5.94. The van der Waals surface area contributed by atoms with Crippen molar-refractivity contribution in [3.63, 3.8) is 0 Å². The van der Waals surface area contributed by atoms with Crippen LogP contribution in [0.3, 0.4) is 0 Å². The van der Waals surface area contributed by atoms with Crippen molar-refractivity contribution in [3.05, 3.63) is 77.7 Å². The second-order valence-corrected chi connectivity index (χ2v) is 6.58. The Labute approximate surface area is 155 Å². The topological polar surface area (TPSA) is 79.1 Å². The van der Waals surface area contributed by atoms with Crippen LogP contribution in [-0.2, 0) is 6.42 Å². The summed E-state index contributed by atoms with van der Waals surface area (Å²) in [5.74, 6) is 0.638. The van der Waals surface area contributed by atoms with E-state index in [2.05, 4.69) is 34.1 Å². The van der Waals surface area contributed by atoms with Gasteiger partial charge in [-0.15, -0.1) is 5.10 Å². The molecule has 0 saturated heterocycles. The number of phenols is 1. The van der Waals surface area contributed by atoms with Crippen LogP contribution in [0, 0.1) is 6.92 Å². The first kappa shape index (κ1) is 15.6. The average molecular weight is 355 g/mol. The van der Waals surface area contributed by atoms with Gasteiger partial charge in [0.2, 0.25) is 0 Å². The van der Waals surface area contributed by atoms with E-state index in [1.807, 2.05) is 30.3 Å². The van der Waals surface area contributed by atoms with Gasteiger partial charge in [-0.05, 0) is 30.2 Å². The van der Waals surface area contributed by atoms with E-state index in [-0.39, 0.29) is 5.75 Å². The van der Waals surface area contributed by atoms with E-state index in [1.165, 1.54) is 5.56 Å². The molecule has 2 N–H and O–H groups in total. The molecular weight excluding hydrogens is 338 g/mol. The average Bonchev–Trinajstić information content (AvgIpc) is 3.24. The Morgan fingerprint density at radius 1 is 1.04 bits per heavy atom. The molecule has 0 unspecified atom stereocenters. The van der Waals surface area contributed by atoms with Gasteiger partial charge in [-0.3, -0.25) is 0 Å². The molecule has 0 radical (unpaired) electrons. The molecule has 27 heavy (non-hydrogen) atoms. The molecule has 0 aliphatic rings. The lowest BCUT2D eigenvalue weighted by Gasteiger charge is -2.02. The Balaban J connectivity index is 1.73. The highest BCUT2D eigenvalue weighted by Gasteiger charge is 2.18. The van der Waals surface area contributed by atoms with E-state index in [0.717, 1.165) is 34.4 Å². The van der Waals surface area contributed by atoms with Gasteiger partial charge in [-0.25, -0.2) is 14.5 Å². The summed E-state index contributed by atoms with van der Waals surface area (Å²) in [6.45, 7) is 2.05. The standard InChI is InChI=1S/C21H17N5O/c1-13-16(11-14-7-3-2-4-8-14)18-20(23-13)22-12-26-21(18)24-19(25-26)15-9-5-6-10-17(15)27/h2-10,12,23,27H,11H2,1H3. The Hall–Kier alpha value is -3.67. The summed E-state index contributed by atoms with van der Waals surface area (Å²) in [6, 6.07) is 17.4. The van der Waals surface area contributed by atoms with Gasteiger partial charge < -0.3 is 10.1 Å². The molecule has 3 aromatic heterocycles. The number of benzene rings is 2. The maximum Gasteiger partial charge on any atom is 0.185 e. The van der Waals surface area contributed by atoms with Crippen LogP contribution >= 0.6 is 0 Å². The lowest BCUT2D eigenvalue weighted by Crippen LogP contribution is -1.93. The highest BCUT2D eigenvalue weighted by atomic mass is 16.3. The number of nitrogens with zero attached hydrogens (tertiary/aromatic N) is 4. The first-order chi connectivity index (χ1) is 13.2. The van der Waals surface area contributed by atoms with Crippen LogP contribution in [0.4, 0.5) is 0 Å². The van der Waals surface area contributed by atoms with Gasteiger partial charge >= 0.3 is 0 Å². The number of H-pyrrole nitrogens is 1. The third kappa shape index (κ3) is 2.54. The second kappa shape index (κ2) is 5.95. The number of fused-ring (bicyclic) bond motifs is 3. The molecule has 132 valence electrons. The van der Waals surface area contributed by atoms with Crippen molar-refractivity contribution in [2.75, 3.05) is 0 Å². The van der Waals surface area contributed by atoms with Gasteiger partial charge in [0.05, 0.1) is 10.9 Å². The number of nitrogens with one attached hydrogen (secondary N) is 1. The van der Waals surface area contributed by atoms with E-state index in [9.17, 15) is 5.11 Å². The van der Waals surface area contributed by atoms with E-state index < -0.39 is 0 Å². The van der Waals surface area contributed by atoms with Crippen molar-refractivity contribution in [1.82, 2.24) is 24.6 Å². The van der Waals surface area contributed by atoms with Crippen molar-refractivity contribution in [2.24, 2.45) is 0 Å². The van der Waals surface area contributed by atoms with Gasteiger partial charge in [0, 0.05) is 12.1 Å². The van der Waals surface area contributed by atoms with Crippen LogP contribution in [0.2, 0.25) is 0 Å². The molecule has 6 heteroatoms. The molecule has 0 spiro atoms. The first-order valence-electron chi connectivity index (χ1n) is 8.75. The SMILES string of the molecule is Cc1[nH]c2ncn3nc(-c4ccccc4O)nc3c2c1Cc1ccccc1. The van der Waals surface area contributed by atoms with Crippen molar-refractivity contribution < 1.29 is 5.11 Å². The molecule has 3 heterocycles. The minimum atomic E-state index is 0.160. The van der Waals surface area contributed by atoms with Gasteiger partial charge in [-0.1, -0.05) is 42.5 Å². The highest BCUT2D eigenvalue weighted by Crippen LogP contribution is 2.30. The fourth-order valence-corrected chi connectivity index (χ4v) is 3.47. The normalized spacial score (nSPS) is 11.4. The summed E-state index contributed by atoms with van der Waals surface area (Å²) in [7, 11) is 0. The monoisotopic (exact) mass is 355 g/mol. The fraction of sp³-hybridized carbons (Fsp3) is 0.0952. The molecule has 0 aliphatic heterocycles. The maximum absolute atomic E-state index is 10.1. The van der Waals surface area contributed by atoms with Crippen molar-refractivity contribution in [2.45, 2.75) is 13.3 Å². The number of para-hydroxylation sites is 1. The summed E-state index contributed by atoms with van der Waals surface area (Å²) in [4.78, 5) is 12.6. The largest absolute Gasteiger partial charge is 0.507 e. The fourth-order valence-electron chi connectivity index (χ4n) is 3.47. The smallest absolute Gasteiger partial charge is 0.185 e. The van der Waals surface area contributed by atoms with E-state index in [0.29, 0.717) is 11.4 Å². The van der Waals surface area contributed by atoms with E-state index in [4.69, 9.17) is 4.98 Å². The predicted molar refractivity (Wildman–Crippen MR) is 104 cm³/mol. The maximum atomic E-state index is 10.1. The number of hydrogen-bond acceptors (Lipinski definition) is 4. The quantitative estimate of drug-likeness (QED) is 0.515. The molecule has 0 aliphatic carbocycles. The van der Waals surface area contributed by atoms with Gasteiger partial charge in [0.15, 0.2) is 11.5 Å². The molecule has 0 atom stereocenters. The number of aromatic nitrogens is 5. The predicted octanol–water partition coefficient (Wildman–Crippen LogP) is 3.88. The number of hydrogen-bond donors (Lipinski definition) is 2. The molecule has 6 nitrogen and oxygen atoms in total. The number of aromatic amines is 1. The lowest BCUT2D eigenvalue weighted by molar-refractivity contribution is 0.477. The molecule has 5 rings (SSSR count). The summed E-state index contributed by atoms with van der Waals surface area (Å²) >= 11 is 0. The minimum Gasteiger partial charge on any atom is -0.507 e. The lowest BCUT2D eigenvalue weighted by atomic mass is 10.0. The zero-order valence-corrected chi connectivity index (χ0v) is 14.7. The van der Waals surface area contributed by atoms with Crippen molar-refractivity contribution in [3.8, 4) is 17.1 Å². The number of aryl methyl sites for hydroxylation is 1. The van der Waals surface area contributed by atoms with E-state index in [1.54, 1.807) is 23.0 Å². The Morgan fingerprint density at radius 3 is 2.63 bits per heavy atom. The van der Waals surface area contributed by atoms with Crippen LogP contribution in [0.15, 0.2) is 60.9 Å². The molecule has 2 aromatic carbocycles.